The molecule has 0 spiro atoms. The highest BCUT2D eigenvalue weighted by Crippen LogP contribution is 2.46. The number of ether oxygens (including phenoxy) is 2. The molecule has 2 aliphatic rings. The summed E-state index contributed by atoms with van der Waals surface area (Å²) in [6.45, 7) is -0.447. The van der Waals surface area contributed by atoms with Crippen LogP contribution in [0.4, 0.5) is 0 Å². The zero-order valence-electron chi connectivity index (χ0n) is 20.8. The second-order valence-electron chi connectivity index (χ2n) is 8.35. The van der Waals surface area contributed by atoms with E-state index >= 15 is 0 Å². The minimum Gasteiger partial charge on any atom is -0.481 e. The van der Waals surface area contributed by atoms with Gasteiger partial charge in [0, 0.05) is 37.4 Å². The number of carbonyl (C=O) groups excluding carboxylic acids is 3. The summed E-state index contributed by atoms with van der Waals surface area (Å²) < 4.78 is 44.9. The molecule has 2 amide bonds. The molecule has 15 nitrogen and oxygen atoms in total. The first-order chi connectivity index (χ1) is 18.8. The molecule has 1 saturated heterocycles. The zero-order chi connectivity index (χ0) is 29.7. The number of hydrogen-bond donors (Lipinski definition) is 4. The Morgan fingerprint density at radius 2 is 1.85 bits per heavy atom. The van der Waals surface area contributed by atoms with Crippen LogP contribution in [0.1, 0.15) is 24.8 Å². The van der Waals surface area contributed by atoms with Gasteiger partial charge in [0.25, 0.3) is 11.6 Å². The third-order valence-electron chi connectivity index (χ3n) is 5.64. The largest absolute Gasteiger partial charge is 0.481 e. The number of fused-ring (bicyclic) bond motifs is 1. The van der Waals surface area contributed by atoms with Gasteiger partial charge >= 0.3 is 28.3 Å². The predicted molar refractivity (Wildman–Crippen MR) is 136 cm³/mol. The lowest BCUT2D eigenvalue weighted by Gasteiger charge is -2.55. The van der Waals surface area contributed by atoms with Crippen LogP contribution >= 0.6 is 11.8 Å². The molecule has 0 radical (unpaired) electrons. The van der Waals surface area contributed by atoms with Crippen LogP contribution < -0.4 is 9.50 Å². The number of benzene rings is 1. The number of β-lactam (4-membered cyclic amide) rings is 1. The number of methoxy groups -OCH3 is 1. The molecule has 2 atom stereocenters. The molecule has 0 saturated carbocycles. The Balaban J connectivity index is 1.65. The van der Waals surface area contributed by atoms with Gasteiger partial charge in [0.2, 0.25) is 5.91 Å². The number of nitrogens with zero attached hydrogens (tertiary/aromatic N) is 1. The molecule has 40 heavy (non-hydrogen) atoms. The Bertz CT molecular complexity index is 1370. The molecule has 3 rings (SSSR count). The number of esters is 1. The third-order valence-corrected chi connectivity index (χ3v) is 7.41. The van der Waals surface area contributed by atoms with Crippen LogP contribution in [0.5, 0.6) is 5.75 Å². The summed E-state index contributed by atoms with van der Waals surface area (Å²) in [5.74, 6) is -4.97. The minimum atomic E-state index is -4.68. The van der Waals surface area contributed by atoms with Crippen LogP contribution in [0.15, 0.2) is 41.6 Å². The fraction of sp³-hybridized carbons (Fsp3) is 0.348. The molecule has 4 N–H and O–H groups in total. The highest BCUT2D eigenvalue weighted by Gasteiger charge is 2.66. The molecule has 1 aromatic rings. The molecule has 0 aromatic heterocycles. The maximum Gasteiger partial charge on any atom is 0.446 e. The molecule has 2 aliphatic heterocycles. The van der Waals surface area contributed by atoms with Gasteiger partial charge in [0.05, 0.1) is 0 Å². The number of nitrogens with one attached hydrogen (secondary N) is 1. The Morgan fingerprint density at radius 1 is 1.18 bits per heavy atom. The van der Waals surface area contributed by atoms with E-state index in [0.29, 0.717) is 5.56 Å². The Hall–Kier alpha value is -3.93. The van der Waals surface area contributed by atoms with Crippen molar-refractivity contribution in [1.82, 2.24) is 10.2 Å². The first-order valence-corrected chi connectivity index (χ1v) is 13.8. The van der Waals surface area contributed by atoms with Crippen molar-refractivity contribution in [3.63, 3.8) is 0 Å². The number of rotatable bonds is 13. The van der Waals surface area contributed by atoms with Crippen LogP contribution in [-0.4, -0.2) is 88.4 Å². The zero-order valence-corrected chi connectivity index (χ0v) is 22.4. The van der Waals surface area contributed by atoms with Gasteiger partial charge in [0.15, 0.2) is 0 Å². The van der Waals surface area contributed by atoms with E-state index in [1.54, 1.807) is 0 Å². The number of thioether (sulfide) groups is 1. The van der Waals surface area contributed by atoms with E-state index in [1.807, 2.05) is 0 Å². The molecule has 17 heteroatoms. The van der Waals surface area contributed by atoms with Gasteiger partial charge in [-0.3, -0.25) is 23.8 Å². The summed E-state index contributed by atoms with van der Waals surface area (Å²) >= 11 is 1.08. The van der Waals surface area contributed by atoms with Crippen molar-refractivity contribution < 1.29 is 60.8 Å². The molecule has 1 fully saturated rings. The number of carbonyl (C=O) groups is 5. The second-order valence-corrected chi connectivity index (χ2v) is 10.4. The highest BCUT2D eigenvalue weighted by molar-refractivity contribution is 8.00. The molecule has 2 unspecified atom stereocenters. The summed E-state index contributed by atoms with van der Waals surface area (Å²) in [6, 6.07) is 5.27. The van der Waals surface area contributed by atoms with E-state index in [9.17, 15) is 37.5 Å². The summed E-state index contributed by atoms with van der Waals surface area (Å²) in [5.41, 5.74) is -1.66. The lowest BCUT2D eigenvalue weighted by atomic mass is 9.98. The number of amides is 2. The average molecular weight is 601 g/mol. The number of carboxylic acids is 2. The first-order valence-electron chi connectivity index (χ1n) is 11.4. The molecule has 216 valence electrons. The van der Waals surface area contributed by atoms with Crippen molar-refractivity contribution >= 4 is 58.0 Å². The van der Waals surface area contributed by atoms with Crippen molar-refractivity contribution in [1.29, 1.82) is 0 Å². The minimum absolute atomic E-state index is 0.0301. The van der Waals surface area contributed by atoms with Crippen molar-refractivity contribution in [3.8, 4) is 5.75 Å². The van der Waals surface area contributed by atoms with Crippen molar-refractivity contribution in [2.75, 3.05) is 19.5 Å². The lowest BCUT2D eigenvalue weighted by molar-refractivity contribution is -0.192. The van der Waals surface area contributed by atoms with Gasteiger partial charge in [-0.1, -0.05) is 12.1 Å². The van der Waals surface area contributed by atoms with Crippen molar-refractivity contribution in [2.45, 2.75) is 30.4 Å². The van der Waals surface area contributed by atoms with E-state index in [2.05, 4.69) is 9.50 Å². The van der Waals surface area contributed by atoms with E-state index in [4.69, 9.17) is 19.1 Å². The quantitative estimate of drug-likeness (QED) is 0.0791. The average Bonchev–Trinajstić information content (AvgIpc) is 2.88. The SMILES string of the molecule is COC1(NC(=O)CCCC(=O)O)C(=O)N2C(C(=O)O)=C(COC(=O)C=Cc3ccc(OS(=O)(=O)O)cc3)CSC21. The van der Waals surface area contributed by atoms with Gasteiger partial charge in [0.1, 0.15) is 23.4 Å². The lowest BCUT2D eigenvalue weighted by Crippen LogP contribution is -2.80. The maximum atomic E-state index is 13.0. The maximum absolute atomic E-state index is 13.0. The molecular formula is C23H24N2O13S2. The predicted octanol–water partition coefficient (Wildman–Crippen LogP) is 0.392. The number of carboxylic acid groups (broad SMARTS) is 2. The summed E-state index contributed by atoms with van der Waals surface area (Å²) in [7, 11) is -3.50. The highest BCUT2D eigenvalue weighted by atomic mass is 32.3. The summed E-state index contributed by atoms with van der Waals surface area (Å²) in [4.78, 5) is 61.2. The van der Waals surface area contributed by atoms with E-state index in [-0.39, 0.29) is 36.3 Å². The van der Waals surface area contributed by atoms with Crippen molar-refractivity contribution in [3.05, 3.63) is 47.2 Å². The molecule has 2 heterocycles. The van der Waals surface area contributed by atoms with Crippen molar-refractivity contribution in [2.24, 2.45) is 0 Å². The van der Waals surface area contributed by atoms with E-state index < -0.39 is 63.5 Å². The van der Waals surface area contributed by atoms with E-state index in [1.165, 1.54) is 37.5 Å². The first kappa shape index (κ1) is 30.6. The van der Waals surface area contributed by atoms with Crippen LogP contribution in [0.25, 0.3) is 6.08 Å². The Labute approximate surface area is 231 Å². The molecule has 1 aromatic carbocycles. The van der Waals surface area contributed by atoms with Gasteiger partial charge in [-0.25, -0.2) is 9.59 Å². The topological polar surface area (TPSA) is 223 Å². The fourth-order valence-corrected chi connectivity index (χ4v) is 5.63. The molecule has 0 aliphatic carbocycles. The van der Waals surface area contributed by atoms with Gasteiger partial charge in [-0.05, 0) is 30.2 Å². The smallest absolute Gasteiger partial charge is 0.446 e. The van der Waals surface area contributed by atoms with Crippen LogP contribution in [0, 0.1) is 0 Å². The van der Waals surface area contributed by atoms with E-state index in [0.717, 1.165) is 22.7 Å². The summed E-state index contributed by atoms with van der Waals surface area (Å²) in [5, 5.41) is 20.0. The number of aliphatic carboxylic acids is 2. The van der Waals surface area contributed by atoms with Crippen LogP contribution in [0.3, 0.4) is 0 Å². The monoisotopic (exact) mass is 600 g/mol. The molecule has 0 bridgehead atoms. The second kappa shape index (κ2) is 12.5. The standard InChI is InChI=1S/C23H24N2O13S2/c1-36-23(24-16(26)3-2-4-17(27)28)21(32)25-19(20(30)31)14(12-39-22(23)25)11-37-18(29)10-7-13-5-8-15(9-6-13)38-40(33,34)35/h5-10,22H,2-4,11-12H2,1H3,(H,24,26)(H,27,28)(H,30,31)(H,33,34,35). The number of hydrogen-bond acceptors (Lipinski definition) is 11. The van der Waals surface area contributed by atoms with Gasteiger partial charge < -0.3 is 29.2 Å². The fourth-order valence-electron chi connectivity index (χ4n) is 3.85. The molecular weight excluding hydrogens is 576 g/mol. The Kier molecular flexibility index (Phi) is 9.56. The van der Waals surface area contributed by atoms with Crippen LogP contribution in [-0.2, 0) is 43.8 Å². The summed E-state index contributed by atoms with van der Waals surface area (Å²) in [6.07, 6.45) is 1.99. The van der Waals surface area contributed by atoms with Gasteiger partial charge in [-0.15, -0.1) is 11.8 Å². The normalized spacial score (nSPS) is 20.5. The van der Waals surface area contributed by atoms with Gasteiger partial charge in [-0.2, -0.15) is 8.42 Å². The third kappa shape index (κ3) is 7.17. The van der Waals surface area contributed by atoms with Crippen LogP contribution in [0.2, 0.25) is 0 Å². The Morgan fingerprint density at radius 3 is 2.42 bits per heavy atom.